The number of carboxylic acid groups (broad SMARTS) is 1. The van der Waals surface area contributed by atoms with Crippen molar-refractivity contribution in [3.63, 3.8) is 0 Å². The summed E-state index contributed by atoms with van der Waals surface area (Å²) in [7, 11) is 0. The number of carbonyl (C=O) groups is 2. The Kier molecular flexibility index (Phi) is 6.94. The molecule has 0 unspecified atom stereocenters. The molecule has 1 saturated heterocycles. The van der Waals surface area contributed by atoms with Crippen molar-refractivity contribution in [3.05, 3.63) is 42.1 Å². The molecule has 0 aliphatic carbocycles. The van der Waals surface area contributed by atoms with Crippen molar-refractivity contribution in [1.82, 2.24) is 15.8 Å². The fraction of sp³-hybridized carbons (Fsp3) is 0.353. The maximum Gasteiger partial charge on any atom is 0.490 e. The van der Waals surface area contributed by atoms with Gasteiger partial charge in [0.05, 0.1) is 0 Å². The SMILES string of the molecule is O=C(NCCC1CNC1)c1cc(-c2ccccc2)on1.O=C(O)C(F)(F)F. The molecule has 1 aromatic carbocycles. The fourth-order valence-electron chi connectivity index (χ4n) is 2.15. The van der Waals surface area contributed by atoms with Crippen LogP contribution in [0.5, 0.6) is 0 Å². The Labute approximate surface area is 152 Å². The van der Waals surface area contributed by atoms with Crippen molar-refractivity contribution in [2.45, 2.75) is 12.6 Å². The van der Waals surface area contributed by atoms with Gasteiger partial charge in [-0.15, -0.1) is 0 Å². The van der Waals surface area contributed by atoms with E-state index in [1.807, 2.05) is 30.3 Å². The van der Waals surface area contributed by atoms with Crippen LogP contribution in [0, 0.1) is 5.92 Å². The minimum absolute atomic E-state index is 0.178. The van der Waals surface area contributed by atoms with Crippen LogP contribution in [0.25, 0.3) is 11.3 Å². The summed E-state index contributed by atoms with van der Waals surface area (Å²) in [5, 5.41) is 17.0. The Bertz CT molecular complexity index is 758. The number of halogens is 3. The van der Waals surface area contributed by atoms with E-state index < -0.39 is 12.1 Å². The van der Waals surface area contributed by atoms with Crippen LogP contribution in [0.4, 0.5) is 13.2 Å². The molecule has 1 aliphatic heterocycles. The van der Waals surface area contributed by atoms with E-state index in [1.54, 1.807) is 6.07 Å². The van der Waals surface area contributed by atoms with Crippen molar-refractivity contribution in [1.29, 1.82) is 0 Å². The Morgan fingerprint density at radius 1 is 1.26 bits per heavy atom. The van der Waals surface area contributed by atoms with Crippen LogP contribution in [-0.2, 0) is 4.79 Å². The zero-order valence-corrected chi connectivity index (χ0v) is 14.1. The molecule has 3 rings (SSSR count). The zero-order chi connectivity index (χ0) is 19.9. The van der Waals surface area contributed by atoms with Gasteiger partial charge in [-0.1, -0.05) is 35.5 Å². The van der Waals surface area contributed by atoms with Gasteiger partial charge in [0.1, 0.15) is 0 Å². The number of aliphatic carboxylic acids is 1. The van der Waals surface area contributed by atoms with Gasteiger partial charge in [0, 0.05) is 18.2 Å². The lowest BCUT2D eigenvalue weighted by molar-refractivity contribution is -0.192. The molecular formula is C17H18F3N3O4. The molecule has 10 heteroatoms. The topological polar surface area (TPSA) is 104 Å². The van der Waals surface area contributed by atoms with Crippen molar-refractivity contribution >= 4 is 11.9 Å². The molecule has 0 bridgehead atoms. The maximum absolute atomic E-state index is 11.9. The van der Waals surface area contributed by atoms with Gasteiger partial charge in [0.15, 0.2) is 11.5 Å². The number of nitrogens with zero attached hydrogens (tertiary/aromatic N) is 1. The lowest BCUT2D eigenvalue weighted by atomic mass is 10.00. The van der Waals surface area contributed by atoms with Crippen molar-refractivity contribution < 1.29 is 32.4 Å². The second-order valence-corrected chi connectivity index (χ2v) is 5.81. The first-order valence-corrected chi connectivity index (χ1v) is 8.08. The molecule has 1 fully saturated rings. The van der Waals surface area contributed by atoms with Crippen LogP contribution < -0.4 is 10.6 Å². The largest absolute Gasteiger partial charge is 0.490 e. The molecule has 7 nitrogen and oxygen atoms in total. The van der Waals surface area contributed by atoms with Crippen LogP contribution in [0.1, 0.15) is 16.9 Å². The van der Waals surface area contributed by atoms with E-state index in [9.17, 15) is 18.0 Å². The molecule has 146 valence electrons. The van der Waals surface area contributed by atoms with Crippen LogP contribution in [0.3, 0.4) is 0 Å². The number of carboxylic acids is 1. The third-order valence-electron chi connectivity index (χ3n) is 3.75. The van der Waals surface area contributed by atoms with Gasteiger partial charge >= 0.3 is 12.1 Å². The van der Waals surface area contributed by atoms with E-state index >= 15 is 0 Å². The minimum atomic E-state index is -5.08. The summed E-state index contributed by atoms with van der Waals surface area (Å²) in [6.07, 6.45) is -4.08. The number of carbonyl (C=O) groups excluding carboxylic acids is 1. The lowest BCUT2D eigenvalue weighted by Crippen LogP contribution is -2.43. The molecule has 1 amide bonds. The number of nitrogens with one attached hydrogen (secondary N) is 2. The van der Waals surface area contributed by atoms with E-state index in [1.165, 1.54) is 0 Å². The Morgan fingerprint density at radius 3 is 2.41 bits per heavy atom. The highest BCUT2D eigenvalue weighted by atomic mass is 19.4. The third-order valence-corrected chi connectivity index (χ3v) is 3.75. The molecule has 0 spiro atoms. The summed E-state index contributed by atoms with van der Waals surface area (Å²) >= 11 is 0. The first kappa shape index (κ1) is 20.4. The first-order valence-electron chi connectivity index (χ1n) is 8.08. The van der Waals surface area contributed by atoms with Crippen LogP contribution >= 0.6 is 0 Å². The highest BCUT2D eigenvalue weighted by molar-refractivity contribution is 5.93. The highest BCUT2D eigenvalue weighted by Crippen LogP contribution is 2.19. The second kappa shape index (κ2) is 9.17. The predicted molar refractivity (Wildman–Crippen MR) is 88.9 cm³/mol. The number of hydrogen-bond acceptors (Lipinski definition) is 5. The van der Waals surface area contributed by atoms with Crippen molar-refractivity contribution in [2.75, 3.05) is 19.6 Å². The lowest BCUT2D eigenvalue weighted by Gasteiger charge is -2.26. The van der Waals surface area contributed by atoms with E-state index in [4.69, 9.17) is 14.4 Å². The molecule has 2 aromatic rings. The second-order valence-electron chi connectivity index (χ2n) is 5.81. The van der Waals surface area contributed by atoms with Crippen LogP contribution in [0.15, 0.2) is 40.9 Å². The summed E-state index contributed by atoms with van der Waals surface area (Å²) in [6, 6.07) is 11.3. The molecule has 1 aliphatic rings. The van der Waals surface area contributed by atoms with Gasteiger partial charge in [-0.25, -0.2) is 4.79 Å². The van der Waals surface area contributed by atoms with Gasteiger partial charge in [0.25, 0.3) is 5.91 Å². The Hall–Kier alpha value is -2.88. The standard InChI is InChI=1S/C15H17N3O2.C2HF3O2/c19-15(17-7-6-11-9-16-10-11)13-8-14(20-18-13)12-4-2-1-3-5-12;3-2(4,5)1(6)7/h1-5,8,11,16H,6-7,9-10H2,(H,17,19);(H,6,7). The van der Waals surface area contributed by atoms with Crippen LogP contribution in [-0.4, -0.2) is 48.0 Å². The predicted octanol–water partition coefficient (Wildman–Crippen LogP) is 2.31. The summed E-state index contributed by atoms with van der Waals surface area (Å²) in [5.41, 5.74) is 1.25. The number of aromatic nitrogens is 1. The number of benzene rings is 1. The monoisotopic (exact) mass is 385 g/mol. The van der Waals surface area contributed by atoms with E-state index in [0.29, 0.717) is 23.9 Å². The molecule has 1 aromatic heterocycles. The summed E-state index contributed by atoms with van der Waals surface area (Å²) in [4.78, 5) is 20.8. The maximum atomic E-state index is 11.9. The quantitative estimate of drug-likeness (QED) is 0.730. The number of hydrogen-bond donors (Lipinski definition) is 3. The molecule has 0 atom stereocenters. The summed E-state index contributed by atoms with van der Waals surface area (Å²) in [6.45, 7) is 2.79. The molecule has 0 radical (unpaired) electrons. The smallest absolute Gasteiger partial charge is 0.475 e. The highest BCUT2D eigenvalue weighted by Gasteiger charge is 2.38. The average Bonchev–Trinajstić information content (AvgIpc) is 3.07. The zero-order valence-electron chi connectivity index (χ0n) is 14.1. The fourth-order valence-corrected chi connectivity index (χ4v) is 2.15. The number of amides is 1. The molecule has 2 heterocycles. The number of alkyl halides is 3. The molecule has 3 N–H and O–H groups in total. The van der Waals surface area contributed by atoms with Gasteiger partial charge in [-0.2, -0.15) is 13.2 Å². The van der Waals surface area contributed by atoms with E-state index in [0.717, 1.165) is 25.1 Å². The van der Waals surface area contributed by atoms with Gasteiger partial charge in [0.2, 0.25) is 0 Å². The van der Waals surface area contributed by atoms with E-state index in [2.05, 4.69) is 15.8 Å². The Balaban J connectivity index is 0.000000321. The summed E-state index contributed by atoms with van der Waals surface area (Å²) < 4.78 is 36.9. The Morgan fingerprint density at radius 2 is 1.89 bits per heavy atom. The molecule has 27 heavy (non-hydrogen) atoms. The van der Waals surface area contributed by atoms with Crippen molar-refractivity contribution in [2.24, 2.45) is 5.92 Å². The normalized spacial score (nSPS) is 13.9. The van der Waals surface area contributed by atoms with Crippen molar-refractivity contribution in [3.8, 4) is 11.3 Å². The molecule has 0 saturated carbocycles. The van der Waals surface area contributed by atoms with Gasteiger partial charge < -0.3 is 20.3 Å². The third kappa shape index (κ3) is 6.41. The van der Waals surface area contributed by atoms with Gasteiger partial charge in [-0.3, -0.25) is 4.79 Å². The molecular weight excluding hydrogens is 367 g/mol. The number of rotatable bonds is 5. The summed E-state index contributed by atoms with van der Waals surface area (Å²) in [5.74, 6) is -1.64. The van der Waals surface area contributed by atoms with Crippen LogP contribution in [0.2, 0.25) is 0 Å². The van der Waals surface area contributed by atoms with Gasteiger partial charge in [-0.05, 0) is 25.4 Å². The first-order chi connectivity index (χ1) is 12.8. The average molecular weight is 385 g/mol. The minimum Gasteiger partial charge on any atom is -0.475 e. The van der Waals surface area contributed by atoms with E-state index in [-0.39, 0.29) is 5.91 Å².